The second-order valence-electron chi connectivity index (χ2n) is 3.93. The summed E-state index contributed by atoms with van der Waals surface area (Å²) in [6, 6.07) is 0.0382. The van der Waals surface area contributed by atoms with Gasteiger partial charge in [-0.3, -0.25) is 4.68 Å². The third kappa shape index (κ3) is 2.16. The summed E-state index contributed by atoms with van der Waals surface area (Å²) in [5.41, 5.74) is 2.24. The Morgan fingerprint density at radius 1 is 1.44 bits per heavy atom. The molecular formula is C10H15IN4O. The van der Waals surface area contributed by atoms with Gasteiger partial charge in [0.1, 0.15) is 0 Å². The minimum Gasteiger partial charge on any atom is -0.336 e. The average Bonchev–Trinajstić information content (AvgIpc) is 2.76. The number of hydrogen-bond acceptors (Lipinski definition) is 2. The Morgan fingerprint density at radius 3 is 2.69 bits per heavy atom. The third-order valence-corrected chi connectivity index (χ3v) is 4.38. The first kappa shape index (κ1) is 11.7. The van der Waals surface area contributed by atoms with E-state index < -0.39 is 0 Å². The lowest BCUT2D eigenvalue weighted by Gasteiger charge is -2.14. The highest BCUT2D eigenvalue weighted by molar-refractivity contribution is 14.1. The number of rotatable bonds is 3. The minimum atomic E-state index is 0.0382. The SMILES string of the molecule is Cc1nn(CCN2CCNC2=O)c(C)c1I. The molecule has 0 aromatic carbocycles. The van der Waals surface area contributed by atoms with Gasteiger partial charge in [0.05, 0.1) is 15.8 Å². The molecule has 0 aliphatic carbocycles. The van der Waals surface area contributed by atoms with Crippen molar-refractivity contribution in [3.8, 4) is 0 Å². The molecule has 2 amide bonds. The smallest absolute Gasteiger partial charge is 0.317 e. The third-order valence-electron chi connectivity index (χ3n) is 2.82. The number of aromatic nitrogens is 2. The zero-order chi connectivity index (χ0) is 11.7. The van der Waals surface area contributed by atoms with Gasteiger partial charge in [-0.25, -0.2) is 4.79 Å². The van der Waals surface area contributed by atoms with Crippen LogP contribution in [-0.2, 0) is 6.54 Å². The molecule has 6 heteroatoms. The van der Waals surface area contributed by atoms with Crippen molar-refractivity contribution in [2.24, 2.45) is 0 Å². The fourth-order valence-corrected chi connectivity index (χ4v) is 2.22. The van der Waals surface area contributed by atoms with Crippen molar-refractivity contribution in [1.29, 1.82) is 0 Å². The number of halogens is 1. The Hall–Kier alpha value is -0.790. The van der Waals surface area contributed by atoms with Crippen molar-refractivity contribution >= 4 is 28.6 Å². The fourth-order valence-electron chi connectivity index (χ4n) is 1.83. The van der Waals surface area contributed by atoms with Crippen LogP contribution in [0.2, 0.25) is 0 Å². The number of nitrogens with one attached hydrogen (secondary N) is 1. The number of carbonyl (C=O) groups excluding carboxylic acids is 1. The fraction of sp³-hybridized carbons (Fsp3) is 0.600. The molecule has 0 atom stereocenters. The molecule has 0 unspecified atom stereocenters. The van der Waals surface area contributed by atoms with Gasteiger partial charge in [0, 0.05) is 25.3 Å². The van der Waals surface area contributed by atoms with Crippen molar-refractivity contribution in [2.45, 2.75) is 20.4 Å². The van der Waals surface area contributed by atoms with Gasteiger partial charge in [-0.2, -0.15) is 5.10 Å². The van der Waals surface area contributed by atoms with Crippen molar-refractivity contribution < 1.29 is 4.79 Å². The Bertz CT molecular complexity index is 415. The number of amides is 2. The maximum absolute atomic E-state index is 11.3. The molecule has 2 rings (SSSR count). The van der Waals surface area contributed by atoms with Crippen LogP contribution >= 0.6 is 22.6 Å². The lowest BCUT2D eigenvalue weighted by atomic mass is 10.4. The second kappa shape index (κ2) is 4.60. The van der Waals surface area contributed by atoms with Gasteiger partial charge in [0.2, 0.25) is 0 Å². The zero-order valence-electron chi connectivity index (χ0n) is 9.46. The molecule has 0 radical (unpaired) electrons. The molecule has 0 bridgehead atoms. The summed E-state index contributed by atoms with van der Waals surface area (Å²) in [6.45, 7) is 7.12. The standard InChI is InChI=1S/C10H15IN4O/c1-7-9(11)8(2)15(13-7)6-5-14-4-3-12-10(14)16/h3-6H2,1-2H3,(H,12,16). The van der Waals surface area contributed by atoms with E-state index in [-0.39, 0.29) is 6.03 Å². The Balaban J connectivity index is 1.99. The zero-order valence-corrected chi connectivity index (χ0v) is 11.6. The normalized spacial score (nSPS) is 15.7. The van der Waals surface area contributed by atoms with E-state index in [1.165, 1.54) is 9.26 Å². The molecule has 1 fully saturated rings. The lowest BCUT2D eigenvalue weighted by Crippen LogP contribution is -2.31. The van der Waals surface area contributed by atoms with Crippen LogP contribution in [0.25, 0.3) is 0 Å². The number of aryl methyl sites for hydroxylation is 1. The van der Waals surface area contributed by atoms with Crippen LogP contribution in [0.3, 0.4) is 0 Å². The maximum Gasteiger partial charge on any atom is 0.317 e. The molecule has 0 saturated carbocycles. The quantitative estimate of drug-likeness (QED) is 0.843. The molecule has 1 aliphatic rings. The first-order valence-corrected chi connectivity index (χ1v) is 6.39. The molecular weight excluding hydrogens is 319 g/mol. The van der Waals surface area contributed by atoms with E-state index in [2.05, 4.69) is 39.9 Å². The van der Waals surface area contributed by atoms with Crippen LogP contribution in [0, 0.1) is 17.4 Å². The van der Waals surface area contributed by atoms with Crippen LogP contribution in [0.5, 0.6) is 0 Å². The molecule has 1 aliphatic heterocycles. The van der Waals surface area contributed by atoms with Gasteiger partial charge in [-0.05, 0) is 36.4 Å². The molecule has 5 nitrogen and oxygen atoms in total. The first-order valence-electron chi connectivity index (χ1n) is 5.32. The maximum atomic E-state index is 11.3. The summed E-state index contributed by atoms with van der Waals surface area (Å²) >= 11 is 2.31. The highest BCUT2D eigenvalue weighted by atomic mass is 127. The van der Waals surface area contributed by atoms with Crippen LogP contribution in [-0.4, -0.2) is 40.3 Å². The summed E-state index contributed by atoms with van der Waals surface area (Å²) < 4.78 is 3.19. The van der Waals surface area contributed by atoms with E-state index in [0.29, 0.717) is 0 Å². The summed E-state index contributed by atoms with van der Waals surface area (Å²) in [4.78, 5) is 13.2. The van der Waals surface area contributed by atoms with E-state index >= 15 is 0 Å². The first-order chi connectivity index (χ1) is 7.59. The molecule has 16 heavy (non-hydrogen) atoms. The van der Waals surface area contributed by atoms with Crippen LogP contribution in [0.1, 0.15) is 11.4 Å². The van der Waals surface area contributed by atoms with E-state index in [0.717, 1.165) is 31.9 Å². The van der Waals surface area contributed by atoms with Crippen molar-refractivity contribution in [3.63, 3.8) is 0 Å². The highest BCUT2D eigenvalue weighted by Crippen LogP contribution is 2.15. The molecule has 2 heterocycles. The summed E-state index contributed by atoms with van der Waals surface area (Å²) in [6.07, 6.45) is 0. The van der Waals surface area contributed by atoms with Crippen LogP contribution in [0.15, 0.2) is 0 Å². The molecule has 1 saturated heterocycles. The van der Waals surface area contributed by atoms with Crippen molar-refractivity contribution in [3.05, 3.63) is 15.0 Å². The average molecular weight is 334 g/mol. The van der Waals surface area contributed by atoms with E-state index in [1.54, 1.807) is 0 Å². The molecule has 88 valence electrons. The molecule has 1 aromatic rings. The second-order valence-corrected chi connectivity index (χ2v) is 5.01. The molecule has 1 aromatic heterocycles. The molecule has 0 spiro atoms. The predicted octanol–water partition coefficient (Wildman–Crippen LogP) is 1.13. The van der Waals surface area contributed by atoms with Crippen molar-refractivity contribution in [1.82, 2.24) is 20.0 Å². The van der Waals surface area contributed by atoms with Crippen LogP contribution < -0.4 is 5.32 Å². The Labute approximate surface area is 108 Å². The van der Waals surface area contributed by atoms with Gasteiger partial charge in [-0.15, -0.1) is 0 Å². The lowest BCUT2D eigenvalue weighted by molar-refractivity contribution is 0.215. The van der Waals surface area contributed by atoms with Gasteiger partial charge >= 0.3 is 6.03 Å². The van der Waals surface area contributed by atoms with Gasteiger partial charge < -0.3 is 10.2 Å². The largest absolute Gasteiger partial charge is 0.336 e. The Kier molecular flexibility index (Phi) is 3.36. The highest BCUT2D eigenvalue weighted by Gasteiger charge is 2.19. The summed E-state index contributed by atoms with van der Waals surface area (Å²) in [7, 11) is 0. The van der Waals surface area contributed by atoms with Crippen LogP contribution in [0.4, 0.5) is 4.79 Å². The summed E-state index contributed by atoms with van der Waals surface area (Å²) in [5, 5.41) is 7.24. The molecule has 1 N–H and O–H groups in total. The van der Waals surface area contributed by atoms with E-state index in [1.807, 2.05) is 16.5 Å². The van der Waals surface area contributed by atoms with Gasteiger partial charge in [0.15, 0.2) is 0 Å². The Morgan fingerprint density at radius 2 is 2.19 bits per heavy atom. The number of carbonyl (C=O) groups is 1. The van der Waals surface area contributed by atoms with E-state index in [9.17, 15) is 4.79 Å². The monoisotopic (exact) mass is 334 g/mol. The topological polar surface area (TPSA) is 50.2 Å². The number of nitrogens with zero attached hydrogens (tertiary/aromatic N) is 3. The number of urea groups is 1. The minimum absolute atomic E-state index is 0.0382. The van der Waals surface area contributed by atoms with Gasteiger partial charge in [0.25, 0.3) is 0 Å². The number of hydrogen-bond donors (Lipinski definition) is 1. The predicted molar refractivity (Wildman–Crippen MR) is 69.4 cm³/mol. The van der Waals surface area contributed by atoms with E-state index in [4.69, 9.17) is 0 Å². The summed E-state index contributed by atoms with van der Waals surface area (Å²) in [5.74, 6) is 0. The van der Waals surface area contributed by atoms with Crippen molar-refractivity contribution in [2.75, 3.05) is 19.6 Å². The van der Waals surface area contributed by atoms with Gasteiger partial charge in [-0.1, -0.05) is 0 Å².